The zero-order valence-electron chi connectivity index (χ0n) is 10.6. The van der Waals surface area contributed by atoms with Crippen LogP contribution in [0.1, 0.15) is 32.1 Å². The third kappa shape index (κ3) is 6.70. The number of aliphatic imine (C=N–C) groups is 1. The van der Waals surface area contributed by atoms with Gasteiger partial charge in [-0.15, -0.1) is 24.0 Å². The van der Waals surface area contributed by atoms with Crippen molar-refractivity contribution in [2.24, 2.45) is 4.99 Å². The molecule has 0 unspecified atom stereocenters. The van der Waals surface area contributed by atoms with E-state index in [4.69, 9.17) is 0 Å². The molecular formula is C11H23IN4O. The van der Waals surface area contributed by atoms with Gasteiger partial charge < -0.3 is 16.0 Å². The van der Waals surface area contributed by atoms with E-state index >= 15 is 0 Å². The normalized spacial score (nSPS) is 16.9. The molecule has 0 heterocycles. The van der Waals surface area contributed by atoms with Crippen molar-refractivity contribution in [3.63, 3.8) is 0 Å². The lowest BCUT2D eigenvalue weighted by molar-refractivity contribution is -0.119. The van der Waals surface area contributed by atoms with Crippen LogP contribution in [0.4, 0.5) is 0 Å². The van der Waals surface area contributed by atoms with Crippen LogP contribution in [0.15, 0.2) is 4.99 Å². The number of carbonyl (C=O) groups excluding carboxylic acids is 1. The van der Waals surface area contributed by atoms with Crippen LogP contribution in [-0.2, 0) is 4.79 Å². The van der Waals surface area contributed by atoms with Crippen molar-refractivity contribution in [3.8, 4) is 0 Å². The molecule has 1 saturated carbocycles. The zero-order valence-corrected chi connectivity index (χ0v) is 12.9. The van der Waals surface area contributed by atoms with E-state index < -0.39 is 0 Å². The van der Waals surface area contributed by atoms with Crippen molar-refractivity contribution in [2.75, 3.05) is 20.6 Å². The maximum atomic E-state index is 11.1. The van der Waals surface area contributed by atoms with Crippen LogP contribution in [0.25, 0.3) is 0 Å². The molecule has 0 aliphatic heterocycles. The van der Waals surface area contributed by atoms with E-state index in [9.17, 15) is 4.79 Å². The summed E-state index contributed by atoms with van der Waals surface area (Å²) in [6.07, 6.45) is 6.29. The summed E-state index contributed by atoms with van der Waals surface area (Å²) in [5, 5.41) is 8.90. The summed E-state index contributed by atoms with van der Waals surface area (Å²) in [4.78, 5) is 15.2. The van der Waals surface area contributed by atoms with Gasteiger partial charge in [-0.1, -0.05) is 19.3 Å². The van der Waals surface area contributed by atoms with E-state index in [1.54, 1.807) is 14.1 Å². The molecule has 0 saturated heterocycles. The highest BCUT2D eigenvalue weighted by Crippen LogP contribution is 2.16. The first-order valence-electron chi connectivity index (χ1n) is 5.94. The van der Waals surface area contributed by atoms with Gasteiger partial charge in [-0.3, -0.25) is 9.79 Å². The first-order valence-corrected chi connectivity index (χ1v) is 5.94. The molecule has 0 bridgehead atoms. The molecule has 1 rings (SSSR count). The second-order valence-corrected chi connectivity index (χ2v) is 4.08. The lowest BCUT2D eigenvalue weighted by Gasteiger charge is -2.24. The summed E-state index contributed by atoms with van der Waals surface area (Å²) in [5.41, 5.74) is 0. The first kappa shape index (κ1) is 16.5. The van der Waals surface area contributed by atoms with Gasteiger partial charge in [-0.25, -0.2) is 0 Å². The number of carbonyl (C=O) groups is 1. The van der Waals surface area contributed by atoms with Gasteiger partial charge in [0.25, 0.3) is 0 Å². The number of hydrogen-bond donors (Lipinski definition) is 3. The summed E-state index contributed by atoms with van der Waals surface area (Å²) in [5.74, 6) is 0.682. The Hall–Kier alpha value is -0.530. The molecule has 5 nitrogen and oxygen atoms in total. The maximum Gasteiger partial charge on any atom is 0.239 e. The Bertz CT molecular complexity index is 252. The average Bonchev–Trinajstić information content (AvgIpc) is 2.35. The second-order valence-electron chi connectivity index (χ2n) is 4.08. The fourth-order valence-corrected chi connectivity index (χ4v) is 1.89. The van der Waals surface area contributed by atoms with Gasteiger partial charge in [0.15, 0.2) is 5.96 Å². The number of halogens is 1. The molecule has 6 heteroatoms. The van der Waals surface area contributed by atoms with E-state index in [-0.39, 0.29) is 36.4 Å². The minimum Gasteiger partial charge on any atom is -0.358 e. The molecule has 17 heavy (non-hydrogen) atoms. The lowest BCUT2D eigenvalue weighted by Crippen LogP contribution is -2.46. The minimum atomic E-state index is -0.0356. The topological polar surface area (TPSA) is 65.5 Å². The van der Waals surface area contributed by atoms with Gasteiger partial charge in [0, 0.05) is 20.1 Å². The SMILES string of the molecule is CN=C(NCC(=O)NC)NC1CCCCC1.I. The quantitative estimate of drug-likeness (QED) is 0.400. The Morgan fingerprint density at radius 1 is 1.29 bits per heavy atom. The monoisotopic (exact) mass is 354 g/mol. The number of guanidine groups is 1. The number of nitrogens with zero attached hydrogens (tertiary/aromatic N) is 1. The highest BCUT2D eigenvalue weighted by molar-refractivity contribution is 14.0. The third-order valence-corrected chi connectivity index (χ3v) is 2.86. The van der Waals surface area contributed by atoms with Crippen molar-refractivity contribution in [3.05, 3.63) is 0 Å². The Balaban J connectivity index is 0.00000256. The lowest BCUT2D eigenvalue weighted by atomic mass is 9.96. The molecule has 0 aromatic carbocycles. The molecule has 100 valence electrons. The van der Waals surface area contributed by atoms with Gasteiger partial charge in [0.2, 0.25) is 5.91 Å². The van der Waals surface area contributed by atoms with Gasteiger partial charge in [-0.2, -0.15) is 0 Å². The predicted molar refractivity (Wildman–Crippen MR) is 80.9 cm³/mol. The molecule has 0 aromatic heterocycles. The molecule has 0 spiro atoms. The Morgan fingerprint density at radius 3 is 2.47 bits per heavy atom. The van der Waals surface area contributed by atoms with Crippen molar-refractivity contribution < 1.29 is 4.79 Å². The van der Waals surface area contributed by atoms with Crippen LogP contribution >= 0.6 is 24.0 Å². The standard InChI is InChI=1S/C11H22N4O.HI/c1-12-10(16)8-14-11(13-2)15-9-6-4-3-5-7-9;/h9H,3-8H2,1-2H3,(H,12,16)(H2,13,14,15);1H. The van der Waals surface area contributed by atoms with E-state index in [0.29, 0.717) is 6.04 Å². The van der Waals surface area contributed by atoms with Crippen molar-refractivity contribution in [1.29, 1.82) is 0 Å². The average molecular weight is 354 g/mol. The largest absolute Gasteiger partial charge is 0.358 e. The van der Waals surface area contributed by atoms with Gasteiger partial charge in [-0.05, 0) is 12.8 Å². The summed E-state index contributed by atoms with van der Waals surface area (Å²) in [6, 6.07) is 0.504. The zero-order chi connectivity index (χ0) is 11.8. The van der Waals surface area contributed by atoms with E-state index in [0.717, 1.165) is 5.96 Å². The van der Waals surface area contributed by atoms with Crippen LogP contribution in [-0.4, -0.2) is 38.5 Å². The first-order chi connectivity index (χ1) is 7.76. The van der Waals surface area contributed by atoms with Crippen LogP contribution in [0.3, 0.4) is 0 Å². The summed E-state index contributed by atoms with van der Waals surface area (Å²) < 4.78 is 0. The molecule has 1 aliphatic rings. The van der Waals surface area contributed by atoms with Crippen LogP contribution in [0, 0.1) is 0 Å². The smallest absolute Gasteiger partial charge is 0.239 e. The molecule has 3 N–H and O–H groups in total. The summed E-state index contributed by atoms with van der Waals surface area (Å²) in [6.45, 7) is 0.267. The van der Waals surface area contributed by atoms with Crippen LogP contribution < -0.4 is 16.0 Å². The Morgan fingerprint density at radius 2 is 1.94 bits per heavy atom. The second kappa shape index (κ2) is 9.49. The molecule has 0 aromatic rings. The molecular weight excluding hydrogens is 331 g/mol. The molecule has 1 amide bonds. The molecule has 1 aliphatic carbocycles. The number of rotatable bonds is 3. The van der Waals surface area contributed by atoms with Gasteiger partial charge >= 0.3 is 0 Å². The Labute approximate surface area is 120 Å². The molecule has 0 radical (unpaired) electrons. The molecule has 0 atom stereocenters. The van der Waals surface area contributed by atoms with Crippen LogP contribution in [0.5, 0.6) is 0 Å². The van der Waals surface area contributed by atoms with Crippen LogP contribution in [0.2, 0.25) is 0 Å². The van der Waals surface area contributed by atoms with Crippen molar-refractivity contribution in [1.82, 2.24) is 16.0 Å². The fraction of sp³-hybridized carbons (Fsp3) is 0.818. The molecule has 1 fully saturated rings. The van der Waals surface area contributed by atoms with E-state index in [2.05, 4.69) is 20.9 Å². The summed E-state index contributed by atoms with van der Waals surface area (Å²) >= 11 is 0. The maximum absolute atomic E-state index is 11.1. The number of hydrogen-bond acceptors (Lipinski definition) is 2. The highest BCUT2D eigenvalue weighted by Gasteiger charge is 2.14. The van der Waals surface area contributed by atoms with Gasteiger partial charge in [0.05, 0.1) is 6.54 Å². The number of likely N-dealkylation sites (N-methyl/N-ethyl adjacent to an activating group) is 1. The Kier molecular flexibility index (Phi) is 9.20. The van der Waals surface area contributed by atoms with Crippen molar-refractivity contribution in [2.45, 2.75) is 38.1 Å². The third-order valence-electron chi connectivity index (χ3n) is 2.86. The van der Waals surface area contributed by atoms with E-state index in [1.165, 1.54) is 32.1 Å². The van der Waals surface area contributed by atoms with Crippen molar-refractivity contribution >= 4 is 35.8 Å². The number of amides is 1. The predicted octanol–water partition coefficient (Wildman–Crippen LogP) is 0.848. The highest BCUT2D eigenvalue weighted by atomic mass is 127. The van der Waals surface area contributed by atoms with E-state index in [1.807, 2.05) is 0 Å². The van der Waals surface area contributed by atoms with Gasteiger partial charge in [0.1, 0.15) is 0 Å². The fourth-order valence-electron chi connectivity index (χ4n) is 1.89. The minimum absolute atomic E-state index is 0. The number of nitrogens with one attached hydrogen (secondary N) is 3. The summed E-state index contributed by atoms with van der Waals surface area (Å²) in [7, 11) is 3.35.